The summed E-state index contributed by atoms with van der Waals surface area (Å²) in [4.78, 5) is 17.1. The summed E-state index contributed by atoms with van der Waals surface area (Å²) in [5.41, 5.74) is 0.812. The zero-order chi connectivity index (χ0) is 15.3. The summed E-state index contributed by atoms with van der Waals surface area (Å²) in [7, 11) is 1.65. The van der Waals surface area contributed by atoms with Gasteiger partial charge in [-0.1, -0.05) is 17.7 Å². The molecule has 0 fully saturated rings. The van der Waals surface area contributed by atoms with E-state index >= 15 is 0 Å². The van der Waals surface area contributed by atoms with E-state index in [0.29, 0.717) is 11.7 Å². The van der Waals surface area contributed by atoms with Gasteiger partial charge in [0.25, 0.3) is 0 Å². The zero-order valence-electron chi connectivity index (χ0n) is 11.0. The first-order valence-corrected chi connectivity index (χ1v) is 6.22. The van der Waals surface area contributed by atoms with Gasteiger partial charge in [-0.25, -0.2) is 4.98 Å². The first-order valence-electron chi connectivity index (χ1n) is 5.84. The minimum absolute atomic E-state index is 0.354. The highest BCUT2D eigenvalue weighted by atomic mass is 35.5. The van der Waals surface area contributed by atoms with Crippen molar-refractivity contribution in [2.75, 3.05) is 13.6 Å². The standard InChI is InChI=1S/C12H15ClF3N3O/c1-8(11(20)18-7-12(14,15)16)19(2)6-9-3-4-10(13)17-5-9/h3-5,8H,6-7H2,1-2H3,(H,18,20)/t8-/m1/s1. The van der Waals surface area contributed by atoms with E-state index in [9.17, 15) is 18.0 Å². The van der Waals surface area contributed by atoms with E-state index in [0.717, 1.165) is 5.56 Å². The van der Waals surface area contributed by atoms with E-state index in [-0.39, 0.29) is 0 Å². The molecule has 1 rings (SSSR count). The number of carbonyl (C=O) groups is 1. The van der Waals surface area contributed by atoms with Crippen molar-refractivity contribution in [2.45, 2.75) is 25.7 Å². The van der Waals surface area contributed by atoms with Gasteiger partial charge in [-0.3, -0.25) is 9.69 Å². The lowest BCUT2D eigenvalue weighted by molar-refractivity contribution is -0.141. The number of hydrogen-bond acceptors (Lipinski definition) is 3. The summed E-state index contributed by atoms with van der Waals surface area (Å²) < 4.78 is 36.0. The molecule has 0 aliphatic rings. The van der Waals surface area contributed by atoms with Crippen molar-refractivity contribution in [3.63, 3.8) is 0 Å². The van der Waals surface area contributed by atoms with Crippen LogP contribution in [0.2, 0.25) is 5.15 Å². The average molecular weight is 310 g/mol. The summed E-state index contributed by atoms with van der Waals surface area (Å²) in [5.74, 6) is -0.674. The fourth-order valence-electron chi connectivity index (χ4n) is 1.46. The molecule has 20 heavy (non-hydrogen) atoms. The molecule has 0 spiro atoms. The predicted octanol–water partition coefficient (Wildman–Crippen LogP) is 2.23. The molecule has 1 heterocycles. The van der Waals surface area contributed by atoms with Crippen molar-refractivity contribution in [3.05, 3.63) is 29.0 Å². The number of carbonyl (C=O) groups excluding carboxylic acids is 1. The van der Waals surface area contributed by atoms with Gasteiger partial charge in [-0.2, -0.15) is 13.2 Å². The number of amides is 1. The number of alkyl halides is 3. The molecule has 0 unspecified atom stereocenters. The number of hydrogen-bond donors (Lipinski definition) is 1. The van der Waals surface area contributed by atoms with Crippen molar-refractivity contribution >= 4 is 17.5 Å². The van der Waals surface area contributed by atoms with Crippen molar-refractivity contribution in [1.29, 1.82) is 0 Å². The fourth-order valence-corrected chi connectivity index (χ4v) is 1.57. The maximum atomic E-state index is 12.0. The Bertz CT molecular complexity index is 450. The molecule has 0 saturated carbocycles. The lowest BCUT2D eigenvalue weighted by Crippen LogP contribution is -2.45. The van der Waals surface area contributed by atoms with Gasteiger partial charge in [0.15, 0.2) is 0 Å². The summed E-state index contributed by atoms with van der Waals surface area (Å²) in [6, 6.07) is 2.67. The smallest absolute Gasteiger partial charge is 0.346 e. The van der Waals surface area contributed by atoms with Crippen LogP contribution in [0.5, 0.6) is 0 Å². The normalized spacial score (nSPS) is 13.3. The van der Waals surface area contributed by atoms with Crippen LogP contribution in [0.25, 0.3) is 0 Å². The fraction of sp³-hybridized carbons (Fsp3) is 0.500. The number of nitrogens with zero attached hydrogens (tertiary/aromatic N) is 2. The van der Waals surface area contributed by atoms with Gasteiger partial charge in [0.05, 0.1) is 6.04 Å². The SMILES string of the molecule is C[C@H](C(=O)NCC(F)(F)F)N(C)Cc1ccc(Cl)nc1. The Kier molecular flexibility index (Phi) is 5.76. The largest absolute Gasteiger partial charge is 0.405 e. The highest BCUT2D eigenvalue weighted by Gasteiger charge is 2.29. The summed E-state index contributed by atoms with van der Waals surface area (Å²) in [6.45, 7) is 0.590. The lowest BCUT2D eigenvalue weighted by Gasteiger charge is -2.24. The molecular weight excluding hydrogens is 295 g/mol. The van der Waals surface area contributed by atoms with Crippen molar-refractivity contribution < 1.29 is 18.0 Å². The molecule has 8 heteroatoms. The third-order valence-corrected chi connectivity index (χ3v) is 2.95. The Hall–Kier alpha value is -1.34. The highest BCUT2D eigenvalue weighted by molar-refractivity contribution is 6.29. The van der Waals surface area contributed by atoms with E-state index in [4.69, 9.17) is 11.6 Å². The maximum Gasteiger partial charge on any atom is 0.405 e. The highest BCUT2D eigenvalue weighted by Crippen LogP contribution is 2.13. The van der Waals surface area contributed by atoms with Crippen molar-refractivity contribution in [3.8, 4) is 0 Å². The van der Waals surface area contributed by atoms with E-state index in [2.05, 4.69) is 4.98 Å². The van der Waals surface area contributed by atoms with Crippen molar-refractivity contribution in [1.82, 2.24) is 15.2 Å². The molecule has 0 saturated heterocycles. The Morgan fingerprint density at radius 2 is 2.15 bits per heavy atom. The first-order chi connectivity index (χ1) is 9.19. The molecule has 0 aliphatic carbocycles. The van der Waals surface area contributed by atoms with Gasteiger partial charge in [-0.15, -0.1) is 0 Å². The van der Waals surface area contributed by atoms with E-state index < -0.39 is 24.7 Å². The number of halogens is 4. The minimum Gasteiger partial charge on any atom is -0.346 e. The quantitative estimate of drug-likeness (QED) is 0.848. The van der Waals surface area contributed by atoms with Gasteiger partial charge >= 0.3 is 6.18 Å². The third-order valence-electron chi connectivity index (χ3n) is 2.72. The van der Waals surface area contributed by atoms with Crippen LogP contribution in [0.15, 0.2) is 18.3 Å². The minimum atomic E-state index is -4.41. The predicted molar refractivity (Wildman–Crippen MR) is 69.2 cm³/mol. The monoisotopic (exact) mass is 309 g/mol. The topological polar surface area (TPSA) is 45.2 Å². The number of likely N-dealkylation sites (N-methyl/N-ethyl adjacent to an activating group) is 1. The average Bonchev–Trinajstić information content (AvgIpc) is 2.36. The number of aromatic nitrogens is 1. The van der Waals surface area contributed by atoms with Crippen LogP contribution in [-0.4, -0.2) is 41.6 Å². The molecule has 112 valence electrons. The summed E-state index contributed by atoms with van der Waals surface area (Å²) in [6.07, 6.45) is -2.85. The molecule has 0 aliphatic heterocycles. The maximum absolute atomic E-state index is 12.0. The van der Waals surface area contributed by atoms with Gasteiger partial charge in [0.2, 0.25) is 5.91 Å². The Labute approximate surface area is 119 Å². The Balaban J connectivity index is 2.51. The van der Waals surface area contributed by atoms with Gasteiger partial charge in [-0.05, 0) is 25.6 Å². The van der Waals surface area contributed by atoms with Gasteiger partial charge in [0.1, 0.15) is 11.7 Å². The van der Waals surface area contributed by atoms with Crippen LogP contribution in [0.4, 0.5) is 13.2 Å². The zero-order valence-corrected chi connectivity index (χ0v) is 11.8. The molecule has 1 aromatic heterocycles. The summed E-state index contributed by atoms with van der Waals surface area (Å²) in [5, 5.41) is 2.21. The van der Waals surface area contributed by atoms with Crippen LogP contribution in [0, 0.1) is 0 Å². The molecule has 1 aromatic rings. The van der Waals surface area contributed by atoms with Crippen LogP contribution < -0.4 is 5.32 Å². The Morgan fingerprint density at radius 3 is 2.65 bits per heavy atom. The van der Waals surface area contributed by atoms with E-state index in [1.165, 1.54) is 6.92 Å². The molecular formula is C12H15ClF3N3O. The van der Waals surface area contributed by atoms with E-state index in [1.54, 1.807) is 30.3 Å². The number of rotatable bonds is 5. The third kappa shape index (κ3) is 5.75. The second kappa shape index (κ2) is 6.90. The molecule has 4 nitrogen and oxygen atoms in total. The molecule has 0 radical (unpaired) electrons. The molecule has 1 N–H and O–H groups in total. The molecule has 1 atom stereocenters. The van der Waals surface area contributed by atoms with Crippen LogP contribution in [0.3, 0.4) is 0 Å². The summed E-state index contributed by atoms with van der Waals surface area (Å²) >= 11 is 5.65. The molecule has 1 amide bonds. The lowest BCUT2D eigenvalue weighted by atomic mass is 10.2. The number of pyridine rings is 1. The molecule has 0 aromatic carbocycles. The van der Waals surface area contributed by atoms with Gasteiger partial charge < -0.3 is 5.32 Å². The second-order valence-electron chi connectivity index (χ2n) is 4.41. The second-order valence-corrected chi connectivity index (χ2v) is 4.80. The Morgan fingerprint density at radius 1 is 1.50 bits per heavy atom. The van der Waals surface area contributed by atoms with Gasteiger partial charge in [0, 0.05) is 12.7 Å². The number of nitrogens with one attached hydrogen (secondary N) is 1. The van der Waals surface area contributed by atoms with Crippen LogP contribution >= 0.6 is 11.6 Å². The molecule has 0 bridgehead atoms. The van der Waals surface area contributed by atoms with Crippen LogP contribution in [0.1, 0.15) is 12.5 Å². The first kappa shape index (κ1) is 16.7. The van der Waals surface area contributed by atoms with Crippen LogP contribution in [-0.2, 0) is 11.3 Å². The van der Waals surface area contributed by atoms with E-state index in [1.807, 2.05) is 5.32 Å². The van der Waals surface area contributed by atoms with Crippen molar-refractivity contribution in [2.24, 2.45) is 0 Å².